The van der Waals surface area contributed by atoms with Crippen LogP contribution in [-0.4, -0.2) is 22.4 Å². The van der Waals surface area contributed by atoms with Crippen LogP contribution >= 0.6 is 0 Å². The van der Waals surface area contributed by atoms with Gasteiger partial charge in [-0.1, -0.05) is 33.1 Å². The molecule has 0 unspecified atom stereocenters. The van der Waals surface area contributed by atoms with Gasteiger partial charge in [0, 0.05) is 0 Å². The van der Waals surface area contributed by atoms with Gasteiger partial charge in [-0.25, -0.2) is 0 Å². The summed E-state index contributed by atoms with van der Waals surface area (Å²) in [5.41, 5.74) is 0. The third kappa shape index (κ3) is 6.62. The summed E-state index contributed by atoms with van der Waals surface area (Å²) in [5.74, 6) is 0. The van der Waals surface area contributed by atoms with Crippen molar-refractivity contribution in [3.05, 3.63) is 0 Å². The highest BCUT2D eigenvalue weighted by Gasteiger charge is 2.09. The molecule has 12 heavy (non-hydrogen) atoms. The number of aliphatic hydroxyl groups is 2. The molecule has 0 amide bonds. The number of hydrogen-bond acceptors (Lipinski definition) is 2. The maximum absolute atomic E-state index is 9.42. The van der Waals surface area contributed by atoms with E-state index in [1.165, 1.54) is 0 Å². The molecule has 0 aliphatic heterocycles. The van der Waals surface area contributed by atoms with Crippen LogP contribution < -0.4 is 0 Å². The second-order valence-corrected chi connectivity index (χ2v) is 3.47. The summed E-state index contributed by atoms with van der Waals surface area (Å²) >= 11 is 0. The average Bonchev–Trinajstić information content (AvgIpc) is 2.01. The molecule has 0 heterocycles. The first kappa shape index (κ1) is 11.9. The van der Waals surface area contributed by atoms with Gasteiger partial charge >= 0.3 is 0 Å². The van der Waals surface area contributed by atoms with E-state index in [9.17, 15) is 10.2 Å². The van der Waals surface area contributed by atoms with E-state index in [2.05, 4.69) is 6.92 Å². The van der Waals surface area contributed by atoms with Gasteiger partial charge in [0.2, 0.25) is 0 Å². The lowest BCUT2D eigenvalue weighted by atomic mass is 10.0. The molecule has 0 bridgehead atoms. The maximum Gasteiger partial charge on any atom is 0.0564 e. The van der Waals surface area contributed by atoms with Crippen molar-refractivity contribution in [2.45, 2.75) is 64.6 Å². The van der Waals surface area contributed by atoms with Crippen molar-refractivity contribution in [2.24, 2.45) is 0 Å². The molecule has 0 aliphatic carbocycles. The SMILES string of the molecule is CCCC[C@@H](O)C[C@H](O)CCC. The number of rotatable bonds is 7. The highest BCUT2D eigenvalue weighted by Crippen LogP contribution is 2.09. The minimum absolute atomic E-state index is 0.300. The Hall–Kier alpha value is -0.0800. The van der Waals surface area contributed by atoms with Crippen LogP contribution in [0.25, 0.3) is 0 Å². The summed E-state index contributed by atoms with van der Waals surface area (Å²) in [6, 6.07) is 0. The zero-order valence-electron chi connectivity index (χ0n) is 8.29. The first-order valence-electron chi connectivity index (χ1n) is 5.06. The van der Waals surface area contributed by atoms with Crippen LogP contribution in [0.5, 0.6) is 0 Å². The van der Waals surface area contributed by atoms with Gasteiger partial charge < -0.3 is 10.2 Å². The van der Waals surface area contributed by atoms with E-state index in [-0.39, 0.29) is 12.2 Å². The second-order valence-electron chi connectivity index (χ2n) is 3.47. The Morgan fingerprint density at radius 2 is 1.50 bits per heavy atom. The zero-order valence-corrected chi connectivity index (χ0v) is 8.29. The standard InChI is InChI=1S/C10H22O2/c1-3-5-7-10(12)8-9(11)6-4-2/h9-12H,3-8H2,1-2H3/t9-,10-/m1/s1. The fourth-order valence-corrected chi connectivity index (χ4v) is 1.32. The molecule has 0 aromatic heterocycles. The lowest BCUT2D eigenvalue weighted by Crippen LogP contribution is -2.17. The molecule has 0 aromatic rings. The molecule has 2 atom stereocenters. The molecule has 0 saturated heterocycles. The van der Waals surface area contributed by atoms with Crippen molar-refractivity contribution in [1.29, 1.82) is 0 Å². The second kappa shape index (κ2) is 7.56. The smallest absolute Gasteiger partial charge is 0.0564 e. The molecule has 0 spiro atoms. The van der Waals surface area contributed by atoms with E-state index in [0.29, 0.717) is 6.42 Å². The van der Waals surface area contributed by atoms with Gasteiger partial charge in [-0.2, -0.15) is 0 Å². The fourth-order valence-electron chi connectivity index (χ4n) is 1.32. The third-order valence-electron chi connectivity index (χ3n) is 2.06. The van der Waals surface area contributed by atoms with Crippen molar-refractivity contribution in [3.63, 3.8) is 0 Å². The van der Waals surface area contributed by atoms with Crippen LogP contribution in [0.4, 0.5) is 0 Å². The van der Waals surface area contributed by atoms with Crippen LogP contribution in [0.1, 0.15) is 52.4 Å². The van der Waals surface area contributed by atoms with Crippen LogP contribution in [0, 0.1) is 0 Å². The number of hydrogen-bond donors (Lipinski definition) is 2. The van der Waals surface area contributed by atoms with Gasteiger partial charge in [-0.15, -0.1) is 0 Å². The van der Waals surface area contributed by atoms with Gasteiger partial charge in [0.05, 0.1) is 12.2 Å². The van der Waals surface area contributed by atoms with Crippen LogP contribution in [0.3, 0.4) is 0 Å². The van der Waals surface area contributed by atoms with Gasteiger partial charge in [-0.05, 0) is 19.3 Å². The Bertz CT molecular complexity index is 93.8. The van der Waals surface area contributed by atoms with Crippen molar-refractivity contribution >= 4 is 0 Å². The molecule has 2 nitrogen and oxygen atoms in total. The highest BCUT2D eigenvalue weighted by atomic mass is 16.3. The zero-order chi connectivity index (χ0) is 9.40. The summed E-state index contributed by atoms with van der Waals surface area (Å²) in [5, 5.41) is 18.8. The Morgan fingerprint density at radius 1 is 0.917 bits per heavy atom. The molecule has 74 valence electrons. The minimum Gasteiger partial charge on any atom is -0.393 e. The van der Waals surface area contributed by atoms with Crippen molar-refractivity contribution < 1.29 is 10.2 Å². The number of unbranched alkanes of at least 4 members (excludes halogenated alkanes) is 1. The summed E-state index contributed by atoms with van der Waals surface area (Å²) in [6.45, 7) is 4.15. The topological polar surface area (TPSA) is 40.5 Å². The normalized spacial score (nSPS) is 16.0. The molecular formula is C10H22O2. The van der Waals surface area contributed by atoms with E-state index in [4.69, 9.17) is 0 Å². The summed E-state index contributed by atoms with van der Waals surface area (Å²) in [7, 11) is 0. The Balaban J connectivity index is 3.33. The van der Waals surface area contributed by atoms with Crippen molar-refractivity contribution in [1.82, 2.24) is 0 Å². The monoisotopic (exact) mass is 174 g/mol. The fraction of sp³-hybridized carbons (Fsp3) is 1.00. The van der Waals surface area contributed by atoms with Crippen molar-refractivity contribution in [3.8, 4) is 0 Å². The van der Waals surface area contributed by atoms with Crippen LogP contribution in [-0.2, 0) is 0 Å². The van der Waals surface area contributed by atoms with Crippen LogP contribution in [0.15, 0.2) is 0 Å². The first-order valence-corrected chi connectivity index (χ1v) is 5.06. The van der Waals surface area contributed by atoms with E-state index in [1.54, 1.807) is 0 Å². The Morgan fingerprint density at radius 3 is 2.00 bits per heavy atom. The van der Waals surface area contributed by atoms with E-state index >= 15 is 0 Å². The third-order valence-corrected chi connectivity index (χ3v) is 2.06. The molecule has 2 N–H and O–H groups in total. The molecule has 0 fully saturated rings. The predicted octanol–water partition coefficient (Wildman–Crippen LogP) is 2.09. The minimum atomic E-state index is -0.304. The van der Waals surface area contributed by atoms with Gasteiger partial charge in [0.1, 0.15) is 0 Å². The average molecular weight is 174 g/mol. The first-order chi connectivity index (χ1) is 5.70. The predicted molar refractivity (Wildman–Crippen MR) is 51.1 cm³/mol. The molecule has 2 heteroatoms. The van der Waals surface area contributed by atoms with Crippen LogP contribution in [0.2, 0.25) is 0 Å². The van der Waals surface area contributed by atoms with Crippen molar-refractivity contribution in [2.75, 3.05) is 0 Å². The molecule has 0 saturated carbocycles. The molecule has 0 aliphatic rings. The largest absolute Gasteiger partial charge is 0.393 e. The lowest BCUT2D eigenvalue weighted by Gasteiger charge is -2.14. The molecule has 0 aromatic carbocycles. The lowest BCUT2D eigenvalue weighted by molar-refractivity contribution is 0.0695. The van der Waals surface area contributed by atoms with Gasteiger partial charge in [0.15, 0.2) is 0 Å². The summed E-state index contributed by atoms with van der Waals surface area (Å²) in [6.07, 6.45) is 4.74. The molecule has 0 rings (SSSR count). The van der Waals surface area contributed by atoms with Gasteiger partial charge in [-0.3, -0.25) is 0 Å². The van der Waals surface area contributed by atoms with E-state index in [0.717, 1.165) is 32.1 Å². The molecular weight excluding hydrogens is 152 g/mol. The quantitative estimate of drug-likeness (QED) is 0.620. The maximum atomic E-state index is 9.42. The van der Waals surface area contributed by atoms with E-state index < -0.39 is 0 Å². The summed E-state index contributed by atoms with van der Waals surface area (Å²) in [4.78, 5) is 0. The Kier molecular flexibility index (Phi) is 7.51. The highest BCUT2D eigenvalue weighted by molar-refractivity contribution is 4.62. The molecule has 0 radical (unpaired) electrons. The summed E-state index contributed by atoms with van der Waals surface area (Å²) < 4.78 is 0. The van der Waals surface area contributed by atoms with E-state index in [1.807, 2.05) is 6.92 Å². The van der Waals surface area contributed by atoms with Gasteiger partial charge in [0.25, 0.3) is 0 Å². The number of aliphatic hydroxyl groups excluding tert-OH is 2. The Labute approximate surface area is 75.6 Å².